The number of fused-ring (bicyclic) bond motifs is 1. The molecule has 3 heterocycles. The predicted molar refractivity (Wildman–Crippen MR) is 101 cm³/mol. The van der Waals surface area contributed by atoms with Crippen molar-refractivity contribution in [3.05, 3.63) is 53.2 Å². The molecule has 6 heteroatoms. The average Bonchev–Trinajstić information content (AvgIpc) is 3.30. The largest absolute Gasteiger partial charge is 0.336 e. The summed E-state index contributed by atoms with van der Waals surface area (Å²) in [6, 6.07) is 10.5. The number of thiophene rings is 1. The third-order valence-corrected chi connectivity index (χ3v) is 5.80. The van der Waals surface area contributed by atoms with Crippen LogP contribution in [0.5, 0.6) is 0 Å². The van der Waals surface area contributed by atoms with Crippen LogP contribution < -0.4 is 5.32 Å². The summed E-state index contributed by atoms with van der Waals surface area (Å²) in [4.78, 5) is 14.5. The molecule has 1 saturated heterocycles. The van der Waals surface area contributed by atoms with Crippen molar-refractivity contribution in [3.63, 3.8) is 0 Å². The summed E-state index contributed by atoms with van der Waals surface area (Å²) in [5.41, 5.74) is 1.71. The van der Waals surface area contributed by atoms with Crippen molar-refractivity contribution < 1.29 is 4.79 Å². The molecule has 2 aromatic heterocycles. The third-order valence-electron chi connectivity index (χ3n) is 4.79. The Morgan fingerprint density at radius 2 is 2.28 bits per heavy atom. The third kappa shape index (κ3) is 3.32. The second-order valence-corrected chi connectivity index (χ2v) is 7.51. The molecule has 1 atom stereocenters. The molecule has 3 aromatic rings. The Hall–Kier alpha value is -2.18. The van der Waals surface area contributed by atoms with Crippen LogP contribution in [0.2, 0.25) is 0 Å². The van der Waals surface area contributed by atoms with E-state index in [-0.39, 0.29) is 5.91 Å². The Morgan fingerprint density at radius 3 is 3.12 bits per heavy atom. The van der Waals surface area contributed by atoms with Crippen molar-refractivity contribution in [2.45, 2.75) is 25.4 Å². The highest BCUT2D eigenvalue weighted by Crippen LogP contribution is 2.26. The molecule has 1 aliphatic heterocycles. The maximum atomic E-state index is 12.7. The smallest absolute Gasteiger partial charge is 0.274 e. The SMILES string of the molecule is CN(Cc1csc2ccccc12)C(=O)c1ccn(C2CCCNC2)n1. The van der Waals surface area contributed by atoms with Crippen molar-refractivity contribution in [1.82, 2.24) is 20.0 Å². The number of amides is 1. The number of nitrogens with zero attached hydrogens (tertiary/aromatic N) is 3. The fourth-order valence-corrected chi connectivity index (χ4v) is 4.35. The van der Waals surface area contributed by atoms with Crippen LogP contribution in [0, 0.1) is 0 Å². The van der Waals surface area contributed by atoms with Crippen LogP contribution in [-0.4, -0.2) is 40.7 Å². The first-order chi connectivity index (χ1) is 12.2. The Kier molecular flexibility index (Phi) is 4.55. The van der Waals surface area contributed by atoms with Gasteiger partial charge in [-0.05, 0) is 47.8 Å². The van der Waals surface area contributed by atoms with Gasteiger partial charge in [0.15, 0.2) is 0 Å². The van der Waals surface area contributed by atoms with Crippen LogP contribution in [-0.2, 0) is 6.54 Å². The summed E-state index contributed by atoms with van der Waals surface area (Å²) in [7, 11) is 1.84. The molecule has 4 rings (SSSR count). The van der Waals surface area contributed by atoms with E-state index in [4.69, 9.17) is 0 Å². The van der Waals surface area contributed by atoms with E-state index in [1.807, 2.05) is 36.1 Å². The van der Waals surface area contributed by atoms with Gasteiger partial charge in [0, 0.05) is 31.0 Å². The van der Waals surface area contributed by atoms with Crippen LogP contribution in [0.4, 0.5) is 0 Å². The molecular formula is C19H22N4OS. The molecule has 0 saturated carbocycles. The summed E-state index contributed by atoms with van der Waals surface area (Å²) in [5.74, 6) is -0.0298. The first-order valence-corrected chi connectivity index (χ1v) is 9.57. The molecule has 5 nitrogen and oxygen atoms in total. The van der Waals surface area contributed by atoms with Crippen LogP contribution in [0.3, 0.4) is 0 Å². The standard InChI is InChI=1S/C19H22N4OS/c1-22(12-14-13-25-18-7-3-2-6-16(14)18)19(24)17-8-10-23(21-17)15-5-4-9-20-11-15/h2-3,6-8,10,13,15,20H,4-5,9,11-12H2,1H3. The lowest BCUT2D eigenvalue weighted by Crippen LogP contribution is -2.32. The molecule has 0 bridgehead atoms. The second-order valence-electron chi connectivity index (χ2n) is 6.60. The molecule has 0 spiro atoms. The molecular weight excluding hydrogens is 332 g/mol. The van der Waals surface area contributed by atoms with Gasteiger partial charge in [0.2, 0.25) is 0 Å². The molecule has 25 heavy (non-hydrogen) atoms. The number of piperidine rings is 1. The quantitative estimate of drug-likeness (QED) is 0.782. The highest BCUT2D eigenvalue weighted by Gasteiger charge is 2.20. The topological polar surface area (TPSA) is 50.2 Å². The van der Waals surface area contributed by atoms with Gasteiger partial charge >= 0.3 is 0 Å². The first-order valence-electron chi connectivity index (χ1n) is 8.69. The van der Waals surface area contributed by atoms with Crippen molar-refractivity contribution in [2.24, 2.45) is 0 Å². The number of carbonyl (C=O) groups is 1. The predicted octanol–water partition coefficient (Wildman–Crippen LogP) is 3.29. The minimum absolute atomic E-state index is 0.0298. The van der Waals surface area contributed by atoms with Crippen molar-refractivity contribution >= 4 is 27.3 Å². The molecule has 130 valence electrons. The zero-order valence-corrected chi connectivity index (χ0v) is 15.1. The molecule has 1 unspecified atom stereocenters. The molecule has 1 N–H and O–H groups in total. The lowest BCUT2D eigenvalue weighted by atomic mass is 10.1. The molecule has 1 aliphatic rings. The number of rotatable bonds is 4. The Morgan fingerprint density at radius 1 is 1.40 bits per heavy atom. The van der Waals surface area contributed by atoms with Gasteiger partial charge in [-0.25, -0.2) is 0 Å². The normalized spacial score (nSPS) is 17.7. The fraction of sp³-hybridized carbons (Fsp3) is 0.368. The highest BCUT2D eigenvalue weighted by atomic mass is 32.1. The van der Waals surface area contributed by atoms with E-state index in [0.29, 0.717) is 18.3 Å². The summed E-state index contributed by atoms with van der Waals surface area (Å²) < 4.78 is 3.19. The van der Waals surface area contributed by atoms with Gasteiger partial charge in [-0.2, -0.15) is 5.10 Å². The maximum Gasteiger partial charge on any atom is 0.274 e. The van der Waals surface area contributed by atoms with Gasteiger partial charge in [0.05, 0.1) is 6.04 Å². The average molecular weight is 354 g/mol. The lowest BCUT2D eigenvalue weighted by molar-refractivity contribution is 0.0778. The van der Waals surface area contributed by atoms with E-state index in [0.717, 1.165) is 25.9 Å². The molecule has 1 aromatic carbocycles. The summed E-state index contributed by atoms with van der Waals surface area (Å²) in [6.07, 6.45) is 4.19. The Bertz CT molecular complexity index is 878. The van der Waals surface area contributed by atoms with Crippen LogP contribution in [0.25, 0.3) is 10.1 Å². The molecule has 1 amide bonds. The van der Waals surface area contributed by atoms with Gasteiger partial charge in [-0.1, -0.05) is 18.2 Å². The van der Waals surface area contributed by atoms with Gasteiger partial charge in [-0.3, -0.25) is 9.48 Å². The van der Waals surface area contributed by atoms with Gasteiger partial charge in [0.25, 0.3) is 5.91 Å². The monoisotopic (exact) mass is 354 g/mol. The highest BCUT2D eigenvalue weighted by molar-refractivity contribution is 7.17. The second kappa shape index (κ2) is 6.98. The zero-order valence-electron chi connectivity index (χ0n) is 14.3. The van der Waals surface area contributed by atoms with E-state index in [2.05, 4.69) is 27.9 Å². The van der Waals surface area contributed by atoms with Gasteiger partial charge in [-0.15, -0.1) is 11.3 Å². The Labute approximate surface area is 151 Å². The lowest BCUT2D eigenvalue weighted by Gasteiger charge is -2.23. The van der Waals surface area contributed by atoms with Crippen molar-refractivity contribution in [2.75, 3.05) is 20.1 Å². The minimum atomic E-state index is -0.0298. The zero-order chi connectivity index (χ0) is 17.2. The number of hydrogen-bond donors (Lipinski definition) is 1. The van der Waals surface area contributed by atoms with Crippen molar-refractivity contribution in [1.29, 1.82) is 0 Å². The van der Waals surface area contributed by atoms with Crippen LogP contribution in [0.1, 0.15) is 34.9 Å². The van der Waals surface area contributed by atoms with E-state index in [1.165, 1.54) is 15.6 Å². The summed E-state index contributed by atoms with van der Waals surface area (Å²) >= 11 is 1.72. The van der Waals surface area contributed by atoms with E-state index < -0.39 is 0 Å². The van der Waals surface area contributed by atoms with E-state index in [1.54, 1.807) is 16.2 Å². The van der Waals surface area contributed by atoms with E-state index >= 15 is 0 Å². The molecule has 0 radical (unpaired) electrons. The number of nitrogens with one attached hydrogen (secondary N) is 1. The van der Waals surface area contributed by atoms with Crippen LogP contribution in [0.15, 0.2) is 41.9 Å². The first kappa shape index (κ1) is 16.3. The number of aromatic nitrogens is 2. The molecule has 1 fully saturated rings. The minimum Gasteiger partial charge on any atom is -0.336 e. The summed E-state index contributed by atoms with van der Waals surface area (Å²) in [6.45, 7) is 2.59. The van der Waals surface area contributed by atoms with Gasteiger partial charge in [0.1, 0.15) is 5.69 Å². The Balaban J connectivity index is 1.47. The maximum absolute atomic E-state index is 12.7. The van der Waals surface area contributed by atoms with E-state index in [9.17, 15) is 4.79 Å². The molecule has 0 aliphatic carbocycles. The van der Waals surface area contributed by atoms with Crippen molar-refractivity contribution in [3.8, 4) is 0 Å². The number of benzene rings is 1. The summed E-state index contributed by atoms with van der Waals surface area (Å²) in [5, 5.41) is 11.3. The number of hydrogen-bond acceptors (Lipinski definition) is 4. The number of carbonyl (C=O) groups excluding carboxylic acids is 1. The fourth-order valence-electron chi connectivity index (χ4n) is 3.39. The van der Waals surface area contributed by atoms with Crippen LogP contribution >= 0.6 is 11.3 Å². The van der Waals surface area contributed by atoms with Gasteiger partial charge < -0.3 is 10.2 Å².